The molecular weight excluding hydrogens is 290 g/mol. The highest BCUT2D eigenvalue weighted by Crippen LogP contribution is 2.35. The van der Waals surface area contributed by atoms with Crippen molar-refractivity contribution in [2.75, 3.05) is 13.7 Å². The summed E-state index contributed by atoms with van der Waals surface area (Å²) in [5, 5.41) is 3.72. The topological polar surface area (TPSA) is 21.3 Å². The van der Waals surface area contributed by atoms with Crippen LogP contribution in [0.3, 0.4) is 0 Å². The Hall–Kier alpha value is -0.540. The van der Waals surface area contributed by atoms with E-state index in [1.165, 1.54) is 18.4 Å². The van der Waals surface area contributed by atoms with Crippen molar-refractivity contribution in [2.45, 2.75) is 38.6 Å². The van der Waals surface area contributed by atoms with Gasteiger partial charge in [0.25, 0.3) is 0 Å². The molecule has 1 aromatic rings. The maximum atomic E-state index is 5.49. The molecule has 1 saturated heterocycles. The SMILES string of the molecule is COc1ccc(Br)cc1CC1(C(C)C)CCCN1. The van der Waals surface area contributed by atoms with Crippen LogP contribution in [0, 0.1) is 5.92 Å². The molecule has 1 aliphatic heterocycles. The zero-order chi connectivity index (χ0) is 13.2. The molecule has 1 N–H and O–H groups in total. The van der Waals surface area contributed by atoms with Gasteiger partial charge in [-0.15, -0.1) is 0 Å². The van der Waals surface area contributed by atoms with E-state index in [0.29, 0.717) is 5.92 Å². The van der Waals surface area contributed by atoms with Gasteiger partial charge in [-0.2, -0.15) is 0 Å². The van der Waals surface area contributed by atoms with Crippen LogP contribution in [0.2, 0.25) is 0 Å². The van der Waals surface area contributed by atoms with E-state index in [1.54, 1.807) is 7.11 Å². The zero-order valence-electron chi connectivity index (χ0n) is 11.4. The first-order valence-electron chi connectivity index (χ1n) is 6.65. The second kappa shape index (κ2) is 5.62. The summed E-state index contributed by atoms with van der Waals surface area (Å²) in [5.41, 5.74) is 1.52. The van der Waals surface area contributed by atoms with Crippen LogP contribution in [0.15, 0.2) is 22.7 Å². The fraction of sp³-hybridized carbons (Fsp3) is 0.600. The summed E-state index contributed by atoms with van der Waals surface area (Å²) < 4.78 is 6.61. The molecule has 1 fully saturated rings. The maximum absolute atomic E-state index is 5.49. The average molecular weight is 312 g/mol. The molecule has 0 aromatic heterocycles. The van der Waals surface area contributed by atoms with E-state index in [0.717, 1.165) is 23.2 Å². The van der Waals surface area contributed by atoms with Crippen molar-refractivity contribution in [2.24, 2.45) is 5.92 Å². The van der Waals surface area contributed by atoms with Gasteiger partial charge in [0, 0.05) is 10.0 Å². The summed E-state index contributed by atoms with van der Waals surface area (Å²) in [5.74, 6) is 1.62. The lowest BCUT2D eigenvalue weighted by molar-refractivity contribution is 0.266. The normalized spacial score (nSPS) is 23.6. The standard InChI is InChI=1S/C15H22BrNO/c1-11(2)15(7-4-8-17-15)10-12-9-13(16)5-6-14(12)18-3/h5-6,9,11,17H,4,7-8,10H2,1-3H3. The third-order valence-corrected chi connectivity index (χ3v) is 4.62. The molecule has 3 heteroatoms. The van der Waals surface area contributed by atoms with E-state index in [1.807, 2.05) is 12.1 Å². The molecule has 1 aliphatic rings. The Balaban J connectivity index is 2.29. The first-order chi connectivity index (χ1) is 8.57. The zero-order valence-corrected chi connectivity index (χ0v) is 13.0. The molecular formula is C15H22BrNO. The van der Waals surface area contributed by atoms with Gasteiger partial charge in [-0.3, -0.25) is 0 Å². The smallest absolute Gasteiger partial charge is 0.122 e. The lowest BCUT2D eigenvalue weighted by atomic mass is 9.79. The van der Waals surface area contributed by atoms with Crippen LogP contribution in [-0.2, 0) is 6.42 Å². The lowest BCUT2D eigenvalue weighted by Crippen LogP contribution is -2.46. The number of ether oxygens (including phenoxy) is 1. The van der Waals surface area contributed by atoms with Crippen LogP contribution in [0.1, 0.15) is 32.3 Å². The number of nitrogens with one attached hydrogen (secondary N) is 1. The number of hydrogen-bond acceptors (Lipinski definition) is 2. The van der Waals surface area contributed by atoms with Crippen molar-refractivity contribution in [3.63, 3.8) is 0 Å². The predicted molar refractivity (Wildman–Crippen MR) is 79.2 cm³/mol. The van der Waals surface area contributed by atoms with Gasteiger partial charge in [0.15, 0.2) is 0 Å². The van der Waals surface area contributed by atoms with E-state index in [9.17, 15) is 0 Å². The van der Waals surface area contributed by atoms with Gasteiger partial charge in [-0.05, 0) is 55.5 Å². The highest BCUT2D eigenvalue weighted by atomic mass is 79.9. The first kappa shape index (κ1) is 13.9. The minimum Gasteiger partial charge on any atom is -0.496 e. The first-order valence-corrected chi connectivity index (χ1v) is 7.44. The van der Waals surface area contributed by atoms with Crippen molar-refractivity contribution in [1.82, 2.24) is 5.32 Å². The fourth-order valence-electron chi connectivity index (χ4n) is 2.90. The van der Waals surface area contributed by atoms with E-state index < -0.39 is 0 Å². The number of rotatable bonds is 4. The van der Waals surface area contributed by atoms with Gasteiger partial charge < -0.3 is 10.1 Å². The molecule has 1 unspecified atom stereocenters. The fourth-order valence-corrected chi connectivity index (χ4v) is 3.31. The molecule has 18 heavy (non-hydrogen) atoms. The Morgan fingerprint density at radius 3 is 2.78 bits per heavy atom. The maximum Gasteiger partial charge on any atom is 0.122 e. The van der Waals surface area contributed by atoms with Crippen molar-refractivity contribution >= 4 is 15.9 Å². The molecule has 1 aromatic carbocycles. The molecule has 0 saturated carbocycles. The quantitative estimate of drug-likeness (QED) is 0.913. The minimum absolute atomic E-state index is 0.230. The van der Waals surface area contributed by atoms with Crippen LogP contribution < -0.4 is 10.1 Å². The van der Waals surface area contributed by atoms with Crippen LogP contribution in [0.25, 0.3) is 0 Å². The Morgan fingerprint density at radius 1 is 1.44 bits per heavy atom. The van der Waals surface area contributed by atoms with Crippen molar-refractivity contribution in [3.8, 4) is 5.75 Å². The number of halogens is 1. The highest BCUT2D eigenvalue weighted by molar-refractivity contribution is 9.10. The number of benzene rings is 1. The summed E-state index contributed by atoms with van der Waals surface area (Å²) >= 11 is 3.55. The molecule has 100 valence electrons. The van der Waals surface area contributed by atoms with Gasteiger partial charge >= 0.3 is 0 Å². The van der Waals surface area contributed by atoms with E-state index >= 15 is 0 Å². The van der Waals surface area contributed by atoms with Crippen molar-refractivity contribution in [1.29, 1.82) is 0 Å². The molecule has 0 bridgehead atoms. The molecule has 0 radical (unpaired) electrons. The second-order valence-electron chi connectivity index (χ2n) is 5.47. The van der Waals surface area contributed by atoms with Crippen LogP contribution in [0.5, 0.6) is 5.75 Å². The Kier molecular flexibility index (Phi) is 4.33. The number of methoxy groups -OCH3 is 1. The summed E-state index contributed by atoms with van der Waals surface area (Å²) in [7, 11) is 1.75. The predicted octanol–water partition coefficient (Wildman–Crippen LogP) is 3.78. The van der Waals surface area contributed by atoms with Crippen LogP contribution >= 0.6 is 15.9 Å². The molecule has 0 spiro atoms. The molecule has 0 amide bonds. The van der Waals surface area contributed by atoms with Crippen LogP contribution in [-0.4, -0.2) is 19.2 Å². The summed E-state index contributed by atoms with van der Waals surface area (Å²) in [4.78, 5) is 0. The Morgan fingerprint density at radius 2 is 2.22 bits per heavy atom. The summed E-state index contributed by atoms with van der Waals surface area (Å²) in [6.45, 7) is 5.75. The van der Waals surface area contributed by atoms with Gasteiger partial charge in [-0.1, -0.05) is 29.8 Å². The van der Waals surface area contributed by atoms with E-state index in [2.05, 4.69) is 41.2 Å². The molecule has 1 heterocycles. The largest absolute Gasteiger partial charge is 0.496 e. The highest BCUT2D eigenvalue weighted by Gasteiger charge is 2.37. The Bertz CT molecular complexity index is 411. The minimum atomic E-state index is 0.230. The monoisotopic (exact) mass is 311 g/mol. The molecule has 2 nitrogen and oxygen atoms in total. The lowest BCUT2D eigenvalue weighted by Gasteiger charge is -2.34. The van der Waals surface area contributed by atoms with E-state index in [-0.39, 0.29) is 5.54 Å². The van der Waals surface area contributed by atoms with Gasteiger partial charge in [0.05, 0.1) is 7.11 Å². The van der Waals surface area contributed by atoms with Gasteiger partial charge in [0.1, 0.15) is 5.75 Å². The van der Waals surface area contributed by atoms with Crippen LogP contribution in [0.4, 0.5) is 0 Å². The van der Waals surface area contributed by atoms with Crippen molar-refractivity contribution in [3.05, 3.63) is 28.2 Å². The third-order valence-electron chi connectivity index (χ3n) is 4.13. The van der Waals surface area contributed by atoms with Gasteiger partial charge in [0.2, 0.25) is 0 Å². The van der Waals surface area contributed by atoms with Crippen molar-refractivity contribution < 1.29 is 4.74 Å². The second-order valence-corrected chi connectivity index (χ2v) is 6.39. The molecule has 1 atom stereocenters. The Labute approximate surface area is 118 Å². The number of hydrogen-bond donors (Lipinski definition) is 1. The van der Waals surface area contributed by atoms with E-state index in [4.69, 9.17) is 4.74 Å². The average Bonchev–Trinajstić information content (AvgIpc) is 2.79. The summed E-state index contributed by atoms with van der Waals surface area (Å²) in [6, 6.07) is 6.26. The summed E-state index contributed by atoms with van der Waals surface area (Å²) in [6.07, 6.45) is 3.56. The third kappa shape index (κ3) is 2.72. The molecule has 2 rings (SSSR count). The molecule has 0 aliphatic carbocycles. The van der Waals surface area contributed by atoms with Gasteiger partial charge in [-0.25, -0.2) is 0 Å².